The number of hydrogen-bond donors (Lipinski definition) is 3. The second-order valence-corrected chi connectivity index (χ2v) is 6.85. The molecule has 1 heterocycles. The highest BCUT2D eigenvalue weighted by atomic mass is 32.1. The van der Waals surface area contributed by atoms with Gasteiger partial charge >= 0.3 is 0 Å². The van der Waals surface area contributed by atoms with Gasteiger partial charge in [-0.05, 0) is 30.7 Å². The largest absolute Gasteiger partial charge is 0.389 e. The van der Waals surface area contributed by atoms with Gasteiger partial charge in [-0.3, -0.25) is 9.59 Å². The normalized spacial score (nSPS) is 17.0. The molecule has 1 aromatic rings. The van der Waals surface area contributed by atoms with Crippen LogP contribution in [0.15, 0.2) is 17.5 Å². The van der Waals surface area contributed by atoms with E-state index in [1.165, 1.54) is 11.3 Å². The fourth-order valence-electron chi connectivity index (χ4n) is 2.76. The van der Waals surface area contributed by atoms with Crippen molar-refractivity contribution in [3.63, 3.8) is 0 Å². The van der Waals surface area contributed by atoms with Gasteiger partial charge in [-0.1, -0.05) is 25.3 Å². The van der Waals surface area contributed by atoms with Gasteiger partial charge in [-0.2, -0.15) is 0 Å². The molecule has 0 aromatic carbocycles. The van der Waals surface area contributed by atoms with Crippen molar-refractivity contribution in [3.05, 3.63) is 22.4 Å². The number of aliphatic hydroxyl groups is 1. The molecule has 5 nitrogen and oxygen atoms in total. The van der Waals surface area contributed by atoms with Gasteiger partial charge in [-0.25, -0.2) is 0 Å². The fourth-order valence-corrected chi connectivity index (χ4v) is 3.40. The summed E-state index contributed by atoms with van der Waals surface area (Å²) in [5.41, 5.74) is -0.810. The highest BCUT2D eigenvalue weighted by Gasteiger charge is 2.31. The van der Waals surface area contributed by atoms with Gasteiger partial charge in [0, 0.05) is 13.1 Å². The van der Waals surface area contributed by atoms with Crippen LogP contribution in [0.2, 0.25) is 0 Å². The Kier molecular flexibility index (Phi) is 6.39. The predicted octanol–water partition coefficient (Wildman–Crippen LogP) is 2.07. The van der Waals surface area contributed by atoms with Crippen molar-refractivity contribution in [1.29, 1.82) is 0 Å². The van der Waals surface area contributed by atoms with Crippen LogP contribution in [-0.4, -0.2) is 35.6 Å². The average molecular weight is 324 g/mol. The summed E-state index contributed by atoms with van der Waals surface area (Å²) in [5.74, 6) is -0.174. The van der Waals surface area contributed by atoms with E-state index in [1.54, 1.807) is 6.07 Å². The van der Waals surface area contributed by atoms with Crippen molar-refractivity contribution < 1.29 is 14.7 Å². The number of carbonyl (C=O) groups is 2. The fraction of sp³-hybridized carbons (Fsp3) is 0.625. The van der Waals surface area contributed by atoms with Gasteiger partial charge < -0.3 is 15.7 Å². The van der Waals surface area contributed by atoms with Crippen molar-refractivity contribution in [1.82, 2.24) is 10.6 Å². The lowest BCUT2D eigenvalue weighted by atomic mass is 9.82. The Morgan fingerprint density at radius 2 is 1.91 bits per heavy atom. The van der Waals surface area contributed by atoms with Gasteiger partial charge in [0.1, 0.15) is 0 Å². The molecule has 1 saturated carbocycles. The van der Waals surface area contributed by atoms with E-state index in [2.05, 4.69) is 10.6 Å². The third kappa shape index (κ3) is 5.42. The molecule has 2 rings (SSSR count). The Balaban J connectivity index is 1.56. The molecule has 6 heteroatoms. The summed E-state index contributed by atoms with van der Waals surface area (Å²) >= 11 is 1.41. The lowest BCUT2D eigenvalue weighted by Gasteiger charge is -2.31. The zero-order chi connectivity index (χ0) is 15.8. The maximum absolute atomic E-state index is 11.8. The van der Waals surface area contributed by atoms with Crippen molar-refractivity contribution in [2.45, 2.75) is 50.5 Å². The van der Waals surface area contributed by atoms with E-state index in [9.17, 15) is 14.7 Å². The van der Waals surface area contributed by atoms with E-state index in [1.807, 2.05) is 11.4 Å². The van der Waals surface area contributed by atoms with E-state index in [0.29, 0.717) is 24.4 Å². The number of thiophene rings is 1. The maximum atomic E-state index is 11.8. The molecule has 1 aromatic heterocycles. The van der Waals surface area contributed by atoms with E-state index in [-0.39, 0.29) is 18.2 Å². The lowest BCUT2D eigenvalue weighted by Crippen LogP contribution is -2.39. The molecule has 22 heavy (non-hydrogen) atoms. The highest BCUT2D eigenvalue weighted by molar-refractivity contribution is 7.12. The number of amides is 2. The van der Waals surface area contributed by atoms with Crippen LogP contribution in [0.25, 0.3) is 0 Å². The smallest absolute Gasteiger partial charge is 0.261 e. The first kappa shape index (κ1) is 17.0. The summed E-state index contributed by atoms with van der Waals surface area (Å²) in [6, 6.07) is 3.63. The Labute approximate surface area is 135 Å². The van der Waals surface area contributed by atoms with Crippen molar-refractivity contribution in [2.24, 2.45) is 0 Å². The van der Waals surface area contributed by atoms with Crippen LogP contribution < -0.4 is 10.6 Å². The molecular formula is C16H24N2O3S. The molecule has 1 fully saturated rings. The SMILES string of the molecule is O=C(CC1(O)CCCCC1)NCCCNC(=O)c1cccs1. The van der Waals surface area contributed by atoms with E-state index in [0.717, 1.165) is 32.1 Å². The Morgan fingerprint density at radius 1 is 1.18 bits per heavy atom. The molecule has 0 unspecified atom stereocenters. The second kappa shape index (κ2) is 8.29. The van der Waals surface area contributed by atoms with Gasteiger partial charge in [-0.15, -0.1) is 11.3 Å². The molecule has 0 aliphatic heterocycles. The zero-order valence-corrected chi connectivity index (χ0v) is 13.6. The molecule has 3 N–H and O–H groups in total. The first-order valence-electron chi connectivity index (χ1n) is 7.90. The Bertz CT molecular complexity index is 482. The van der Waals surface area contributed by atoms with Gasteiger partial charge in [0.2, 0.25) is 5.91 Å². The molecule has 2 amide bonds. The second-order valence-electron chi connectivity index (χ2n) is 5.90. The minimum absolute atomic E-state index is 0.0714. The average Bonchev–Trinajstić information content (AvgIpc) is 3.01. The summed E-state index contributed by atoms with van der Waals surface area (Å²) in [6.45, 7) is 1.04. The number of hydrogen-bond acceptors (Lipinski definition) is 4. The van der Waals surface area contributed by atoms with E-state index in [4.69, 9.17) is 0 Å². The molecule has 0 atom stereocenters. The van der Waals surface area contributed by atoms with Crippen LogP contribution in [-0.2, 0) is 4.79 Å². The summed E-state index contributed by atoms with van der Waals surface area (Å²) in [6.07, 6.45) is 5.45. The molecule has 1 aliphatic carbocycles. The first-order valence-corrected chi connectivity index (χ1v) is 8.78. The van der Waals surface area contributed by atoms with Gasteiger partial charge in [0.05, 0.1) is 16.9 Å². The molecule has 0 radical (unpaired) electrons. The third-order valence-corrected chi connectivity index (χ3v) is 4.85. The zero-order valence-electron chi connectivity index (χ0n) is 12.8. The summed E-state index contributed by atoms with van der Waals surface area (Å²) in [7, 11) is 0. The third-order valence-electron chi connectivity index (χ3n) is 3.98. The Morgan fingerprint density at radius 3 is 2.59 bits per heavy atom. The standard InChI is InChI=1S/C16H24N2O3S/c19-14(12-16(21)7-2-1-3-8-16)17-9-5-10-18-15(20)13-6-4-11-22-13/h4,6,11,21H,1-3,5,7-10,12H2,(H,17,19)(H,18,20). The van der Waals surface area contributed by atoms with Crippen molar-refractivity contribution in [3.8, 4) is 0 Å². The van der Waals surface area contributed by atoms with Crippen molar-refractivity contribution in [2.75, 3.05) is 13.1 Å². The molecule has 1 aliphatic rings. The molecule has 0 bridgehead atoms. The maximum Gasteiger partial charge on any atom is 0.261 e. The molecule has 0 spiro atoms. The summed E-state index contributed by atoms with van der Waals surface area (Å²) in [4.78, 5) is 24.2. The number of nitrogens with one attached hydrogen (secondary N) is 2. The Hall–Kier alpha value is -1.40. The van der Waals surface area contributed by atoms with Crippen molar-refractivity contribution >= 4 is 23.2 Å². The predicted molar refractivity (Wildman–Crippen MR) is 86.9 cm³/mol. The van der Waals surface area contributed by atoms with Gasteiger partial charge in [0.15, 0.2) is 0 Å². The first-order chi connectivity index (χ1) is 10.6. The molecule has 0 saturated heterocycles. The molecule has 122 valence electrons. The monoisotopic (exact) mass is 324 g/mol. The summed E-state index contributed by atoms with van der Waals surface area (Å²) < 4.78 is 0. The van der Waals surface area contributed by atoms with Crippen LogP contribution in [0.3, 0.4) is 0 Å². The quantitative estimate of drug-likeness (QED) is 0.672. The van der Waals surface area contributed by atoms with Crippen LogP contribution in [0.1, 0.15) is 54.6 Å². The molecular weight excluding hydrogens is 300 g/mol. The van der Waals surface area contributed by atoms with E-state index < -0.39 is 5.60 Å². The highest BCUT2D eigenvalue weighted by Crippen LogP contribution is 2.30. The van der Waals surface area contributed by atoms with Crippen LogP contribution >= 0.6 is 11.3 Å². The van der Waals surface area contributed by atoms with Crippen LogP contribution in [0.5, 0.6) is 0 Å². The topological polar surface area (TPSA) is 78.4 Å². The lowest BCUT2D eigenvalue weighted by molar-refractivity contribution is -0.127. The minimum Gasteiger partial charge on any atom is -0.389 e. The minimum atomic E-state index is -0.810. The van der Waals surface area contributed by atoms with Crippen LogP contribution in [0.4, 0.5) is 0 Å². The van der Waals surface area contributed by atoms with Crippen LogP contribution in [0, 0.1) is 0 Å². The summed E-state index contributed by atoms with van der Waals surface area (Å²) in [5, 5.41) is 17.8. The van der Waals surface area contributed by atoms with Gasteiger partial charge in [0.25, 0.3) is 5.91 Å². The number of rotatable bonds is 7. The van der Waals surface area contributed by atoms with E-state index >= 15 is 0 Å². The number of carbonyl (C=O) groups excluding carboxylic acids is 2.